The van der Waals surface area contributed by atoms with Crippen molar-refractivity contribution in [3.63, 3.8) is 0 Å². The molecule has 0 bridgehead atoms. The molecule has 6 atom stereocenters. The van der Waals surface area contributed by atoms with Crippen LogP contribution in [-0.2, 0) is 0 Å². The van der Waals surface area contributed by atoms with Gasteiger partial charge in [-0.25, -0.2) is 0 Å². The summed E-state index contributed by atoms with van der Waals surface area (Å²) in [6, 6.07) is 0. The van der Waals surface area contributed by atoms with Crippen LogP contribution in [0.5, 0.6) is 0 Å². The third kappa shape index (κ3) is 11.8. The molecule has 5 fully saturated rings. The summed E-state index contributed by atoms with van der Waals surface area (Å²) < 4.78 is 0. The average Bonchev–Trinajstić information content (AvgIpc) is 3.93. The van der Waals surface area contributed by atoms with Gasteiger partial charge in [-0.2, -0.15) is 0 Å². The van der Waals surface area contributed by atoms with Crippen LogP contribution in [0.3, 0.4) is 0 Å². The summed E-state index contributed by atoms with van der Waals surface area (Å²) in [4.78, 5) is 0. The van der Waals surface area contributed by atoms with E-state index in [4.69, 9.17) is 0 Å². The van der Waals surface area contributed by atoms with Crippen molar-refractivity contribution in [3.8, 4) is 0 Å². The van der Waals surface area contributed by atoms with Crippen molar-refractivity contribution in [1.82, 2.24) is 0 Å². The molecule has 0 N–H and O–H groups in total. The molecule has 48 heavy (non-hydrogen) atoms. The number of rotatable bonds is 24. The highest BCUT2D eigenvalue weighted by Crippen LogP contribution is 2.59. The van der Waals surface area contributed by atoms with Gasteiger partial charge in [-0.1, -0.05) is 226 Å². The van der Waals surface area contributed by atoms with Crippen molar-refractivity contribution in [1.29, 1.82) is 0 Å². The first kappa shape index (κ1) is 39.2. The molecule has 0 heteroatoms. The standard InChI is InChI=1S/C48H88/c1-4-5-6-7-8-9-10-11-12-13-14-15-16-17-26-39-35-36-44(37-39)46(41-29-20-21-30-41)48(43-33-24-25-34-43)47(42-31-22-23-32-42)45(38(2)3)40-27-18-19-28-40/h38-48H,4-37H2,1-3H3. The molecule has 0 aromatic rings. The summed E-state index contributed by atoms with van der Waals surface area (Å²) in [7, 11) is 0. The summed E-state index contributed by atoms with van der Waals surface area (Å²) in [6.07, 6.45) is 52.4. The molecule has 5 saturated carbocycles. The Morgan fingerprint density at radius 1 is 0.375 bits per heavy atom. The quantitative estimate of drug-likeness (QED) is 0.0901. The second kappa shape index (κ2) is 22.2. The highest BCUT2D eigenvalue weighted by Gasteiger charge is 2.51. The van der Waals surface area contributed by atoms with E-state index in [2.05, 4.69) is 20.8 Å². The van der Waals surface area contributed by atoms with Gasteiger partial charge >= 0.3 is 0 Å². The van der Waals surface area contributed by atoms with Crippen molar-refractivity contribution < 1.29 is 0 Å². The fourth-order valence-corrected chi connectivity index (χ4v) is 13.8. The Kier molecular flexibility index (Phi) is 18.1. The van der Waals surface area contributed by atoms with Gasteiger partial charge in [-0.3, -0.25) is 0 Å². The highest BCUT2D eigenvalue weighted by atomic mass is 14.6. The molecule has 5 rings (SSSR count). The fourth-order valence-electron chi connectivity index (χ4n) is 13.8. The van der Waals surface area contributed by atoms with Gasteiger partial charge in [-0.15, -0.1) is 0 Å². The van der Waals surface area contributed by atoms with Gasteiger partial charge in [0.25, 0.3) is 0 Å². The van der Waals surface area contributed by atoms with Crippen LogP contribution in [0.1, 0.15) is 239 Å². The highest BCUT2D eigenvalue weighted by molar-refractivity contribution is 5.00. The molecule has 0 spiro atoms. The van der Waals surface area contributed by atoms with Crippen LogP contribution in [0.15, 0.2) is 0 Å². The predicted molar refractivity (Wildman–Crippen MR) is 212 cm³/mol. The molecule has 0 heterocycles. The van der Waals surface area contributed by atoms with Crippen molar-refractivity contribution in [2.24, 2.45) is 65.1 Å². The van der Waals surface area contributed by atoms with Crippen LogP contribution in [-0.4, -0.2) is 0 Å². The van der Waals surface area contributed by atoms with E-state index in [1.807, 2.05) is 0 Å². The Bertz CT molecular complexity index is 787. The van der Waals surface area contributed by atoms with Gasteiger partial charge in [0, 0.05) is 0 Å². The SMILES string of the molecule is CCCCCCCCCCCCCCCCC1CCC(C(C2CCCC2)C(C2CCCC2)C(C2CCCC2)C(C(C)C)C2CCCC2)C1. The average molecular weight is 665 g/mol. The number of hydrogen-bond donors (Lipinski definition) is 0. The van der Waals surface area contributed by atoms with Crippen LogP contribution in [0.2, 0.25) is 0 Å². The lowest BCUT2D eigenvalue weighted by molar-refractivity contribution is -0.0286. The van der Waals surface area contributed by atoms with Gasteiger partial charge in [-0.05, 0) is 77.9 Å². The predicted octanol–water partition coefficient (Wildman–Crippen LogP) is 16.2. The zero-order valence-corrected chi connectivity index (χ0v) is 33.4. The minimum absolute atomic E-state index is 0.892. The number of unbranched alkanes of at least 4 members (excludes halogenated alkanes) is 13. The normalized spacial score (nSPS) is 27.5. The van der Waals surface area contributed by atoms with Crippen LogP contribution in [0.25, 0.3) is 0 Å². The zero-order chi connectivity index (χ0) is 33.4. The molecular formula is C48H88. The lowest BCUT2D eigenvalue weighted by Gasteiger charge is -2.51. The molecule has 0 amide bonds. The van der Waals surface area contributed by atoms with Crippen LogP contribution in [0, 0.1) is 65.1 Å². The molecule has 0 radical (unpaired) electrons. The lowest BCUT2D eigenvalue weighted by Crippen LogP contribution is -2.45. The smallest absolute Gasteiger partial charge is 0.0318 e. The van der Waals surface area contributed by atoms with E-state index >= 15 is 0 Å². The minimum atomic E-state index is 0.892. The first-order chi connectivity index (χ1) is 23.7. The topological polar surface area (TPSA) is 0 Å². The molecule has 0 aliphatic heterocycles. The zero-order valence-electron chi connectivity index (χ0n) is 33.4. The maximum absolute atomic E-state index is 2.68. The monoisotopic (exact) mass is 665 g/mol. The Morgan fingerprint density at radius 2 is 0.771 bits per heavy atom. The molecular weight excluding hydrogens is 577 g/mol. The van der Waals surface area contributed by atoms with E-state index in [-0.39, 0.29) is 0 Å². The summed E-state index contributed by atoms with van der Waals surface area (Å²) in [5.41, 5.74) is 0. The van der Waals surface area contributed by atoms with Crippen molar-refractivity contribution >= 4 is 0 Å². The van der Waals surface area contributed by atoms with Gasteiger partial charge in [0.1, 0.15) is 0 Å². The number of hydrogen-bond acceptors (Lipinski definition) is 0. The third-order valence-corrected chi connectivity index (χ3v) is 16.0. The maximum atomic E-state index is 2.68. The largest absolute Gasteiger partial charge is 0.0654 e. The second-order valence-corrected chi connectivity index (χ2v) is 19.6. The molecule has 5 aliphatic rings. The first-order valence-corrected chi connectivity index (χ1v) is 23.7. The van der Waals surface area contributed by atoms with Crippen LogP contribution >= 0.6 is 0 Å². The van der Waals surface area contributed by atoms with Crippen molar-refractivity contribution in [2.75, 3.05) is 0 Å². The van der Waals surface area contributed by atoms with Gasteiger partial charge < -0.3 is 0 Å². The van der Waals surface area contributed by atoms with Gasteiger partial charge in [0.05, 0.1) is 0 Å². The summed E-state index contributed by atoms with van der Waals surface area (Å²) in [6.45, 7) is 7.69. The maximum Gasteiger partial charge on any atom is -0.0318 e. The van der Waals surface area contributed by atoms with Gasteiger partial charge in [0.15, 0.2) is 0 Å². The molecule has 5 aliphatic carbocycles. The second-order valence-electron chi connectivity index (χ2n) is 19.6. The van der Waals surface area contributed by atoms with Crippen LogP contribution in [0.4, 0.5) is 0 Å². The van der Waals surface area contributed by atoms with E-state index in [1.165, 1.54) is 103 Å². The van der Waals surface area contributed by atoms with E-state index in [9.17, 15) is 0 Å². The molecule has 280 valence electrons. The summed E-state index contributed by atoms with van der Waals surface area (Å²) in [5, 5.41) is 0. The Balaban J connectivity index is 1.15. The molecule has 0 aromatic carbocycles. The molecule has 0 nitrogen and oxygen atoms in total. The lowest BCUT2D eigenvalue weighted by atomic mass is 9.54. The molecule has 0 aromatic heterocycles. The molecule has 0 saturated heterocycles. The van der Waals surface area contributed by atoms with Crippen molar-refractivity contribution in [3.05, 3.63) is 0 Å². The first-order valence-electron chi connectivity index (χ1n) is 23.7. The summed E-state index contributed by atoms with van der Waals surface area (Å²) in [5.74, 6) is 11.6. The van der Waals surface area contributed by atoms with Gasteiger partial charge in [0.2, 0.25) is 0 Å². The summed E-state index contributed by atoms with van der Waals surface area (Å²) >= 11 is 0. The van der Waals surface area contributed by atoms with E-state index < -0.39 is 0 Å². The minimum Gasteiger partial charge on any atom is -0.0654 e. The Hall–Kier alpha value is 0. The fraction of sp³-hybridized carbons (Fsp3) is 1.00. The molecule has 6 unspecified atom stereocenters. The van der Waals surface area contributed by atoms with E-state index in [1.54, 1.807) is 116 Å². The Labute approximate surface area is 303 Å². The van der Waals surface area contributed by atoms with E-state index in [0.717, 1.165) is 65.1 Å². The Morgan fingerprint density at radius 3 is 1.23 bits per heavy atom. The van der Waals surface area contributed by atoms with E-state index in [0.29, 0.717) is 0 Å². The van der Waals surface area contributed by atoms with Crippen molar-refractivity contribution in [2.45, 2.75) is 239 Å². The third-order valence-electron chi connectivity index (χ3n) is 16.0. The van der Waals surface area contributed by atoms with Crippen LogP contribution < -0.4 is 0 Å².